The van der Waals surface area contributed by atoms with Gasteiger partial charge in [0.15, 0.2) is 0 Å². The molecule has 0 aliphatic rings. The van der Waals surface area contributed by atoms with Crippen molar-refractivity contribution in [2.24, 2.45) is 0 Å². The number of esters is 1. The minimum absolute atomic E-state index is 0.0582. The zero-order valence-electron chi connectivity index (χ0n) is 8.87. The minimum Gasteiger partial charge on any atom is -0.463 e. The Morgan fingerprint density at radius 2 is 2.18 bits per heavy atom. The fourth-order valence-corrected chi connectivity index (χ4v) is 1.65. The quantitative estimate of drug-likeness (QED) is 0.648. The Labute approximate surface area is 94.9 Å². The normalized spacial score (nSPS) is 11.1. The second-order valence-corrected chi connectivity index (χ2v) is 3.36. The molecule has 6 heteroatoms. The van der Waals surface area contributed by atoms with Gasteiger partial charge in [0.05, 0.1) is 18.1 Å². The van der Waals surface area contributed by atoms with Crippen molar-refractivity contribution in [2.45, 2.75) is 6.43 Å². The van der Waals surface area contributed by atoms with Crippen molar-refractivity contribution in [3.05, 3.63) is 29.5 Å². The predicted octanol–water partition coefficient (Wildman–Crippen LogP) is 2.74. The number of methoxy groups -OCH3 is 1. The summed E-state index contributed by atoms with van der Waals surface area (Å²) in [5, 5.41) is 0.0582. The lowest BCUT2D eigenvalue weighted by Crippen LogP contribution is -2.03. The maximum Gasteiger partial charge on any atom is 0.374 e. The first-order valence-electron chi connectivity index (χ1n) is 4.73. The van der Waals surface area contributed by atoms with Gasteiger partial charge in [-0.25, -0.2) is 13.6 Å². The molecule has 0 spiro atoms. The number of nitrogens with two attached hydrogens (primary N) is 1. The van der Waals surface area contributed by atoms with Crippen molar-refractivity contribution < 1.29 is 22.7 Å². The van der Waals surface area contributed by atoms with Gasteiger partial charge in [0.25, 0.3) is 6.43 Å². The first-order valence-corrected chi connectivity index (χ1v) is 4.73. The summed E-state index contributed by atoms with van der Waals surface area (Å²) in [7, 11) is 1.09. The van der Waals surface area contributed by atoms with Crippen LogP contribution in [-0.2, 0) is 4.74 Å². The van der Waals surface area contributed by atoms with Crippen LogP contribution in [0.15, 0.2) is 22.6 Å². The molecule has 0 bridgehead atoms. The van der Waals surface area contributed by atoms with Crippen LogP contribution in [-0.4, -0.2) is 13.1 Å². The first-order chi connectivity index (χ1) is 8.06. The van der Waals surface area contributed by atoms with E-state index in [-0.39, 0.29) is 16.7 Å². The van der Waals surface area contributed by atoms with Crippen LogP contribution in [0.3, 0.4) is 0 Å². The van der Waals surface area contributed by atoms with Crippen LogP contribution in [0, 0.1) is 0 Å². The molecule has 0 amide bonds. The van der Waals surface area contributed by atoms with Crippen LogP contribution >= 0.6 is 0 Å². The summed E-state index contributed by atoms with van der Waals surface area (Å²) in [4.78, 5) is 11.3. The number of furan rings is 1. The van der Waals surface area contributed by atoms with E-state index in [2.05, 4.69) is 4.74 Å². The fraction of sp³-hybridized carbons (Fsp3) is 0.182. The molecule has 0 fully saturated rings. The highest BCUT2D eigenvalue weighted by Crippen LogP contribution is 2.37. The molecule has 2 aromatic rings. The Balaban J connectivity index is 2.81. The summed E-state index contributed by atoms with van der Waals surface area (Å²) in [6.45, 7) is 0. The average molecular weight is 241 g/mol. The van der Waals surface area contributed by atoms with E-state index in [1.54, 1.807) is 6.07 Å². The second-order valence-electron chi connectivity index (χ2n) is 3.36. The zero-order chi connectivity index (χ0) is 12.6. The molecular formula is C11H9F2NO3. The van der Waals surface area contributed by atoms with E-state index in [1.807, 2.05) is 0 Å². The van der Waals surface area contributed by atoms with Gasteiger partial charge in [-0.15, -0.1) is 0 Å². The molecule has 2 rings (SSSR count). The molecular weight excluding hydrogens is 232 g/mol. The minimum atomic E-state index is -2.87. The third kappa shape index (κ3) is 1.71. The van der Waals surface area contributed by atoms with Gasteiger partial charge >= 0.3 is 5.97 Å². The number of fused-ring (bicyclic) bond motifs is 1. The molecule has 17 heavy (non-hydrogen) atoms. The highest BCUT2D eigenvalue weighted by atomic mass is 19.3. The van der Waals surface area contributed by atoms with Crippen LogP contribution in [0.5, 0.6) is 0 Å². The Morgan fingerprint density at radius 3 is 2.76 bits per heavy atom. The van der Waals surface area contributed by atoms with Gasteiger partial charge in [-0.1, -0.05) is 6.07 Å². The number of carbonyl (C=O) groups is 1. The number of benzene rings is 1. The van der Waals surface area contributed by atoms with Gasteiger partial charge in [0.2, 0.25) is 5.76 Å². The van der Waals surface area contributed by atoms with Crippen molar-refractivity contribution >= 4 is 22.6 Å². The molecule has 0 atom stereocenters. The summed E-state index contributed by atoms with van der Waals surface area (Å²) in [5.74, 6) is -1.45. The Bertz CT molecular complexity index is 577. The van der Waals surface area contributed by atoms with Crippen molar-refractivity contribution in [2.75, 3.05) is 12.8 Å². The first kappa shape index (κ1) is 11.4. The third-order valence-electron chi connectivity index (χ3n) is 2.37. The van der Waals surface area contributed by atoms with Gasteiger partial charge in [-0.05, 0) is 12.1 Å². The number of hydrogen-bond acceptors (Lipinski definition) is 4. The fourth-order valence-electron chi connectivity index (χ4n) is 1.65. The summed E-state index contributed by atoms with van der Waals surface area (Å²) in [6.07, 6.45) is -2.87. The predicted molar refractivity (Wildman–Crippen MR) is 56.9 cm³/mol. The molecule has 0 saturated heterocycles. The second kappa shape index (κ2) is 4.04. The number of hydrogen-bond donors (Lipinski definition) is 1. The number of halogens is 2. The van der Waals surface area contributed by atoms with Crippen LogP contribution in [0.1, 0.15) is 22.5 Å². The average Bonchev–Trinajstić information content (AvgIpc) is 2.68. The van der Waals surface area contributed by atoms with Gasteiger partial charge < -0.3 is 14.9 Å². The van der Waals surface area contributed by atoms with E-state index in [0.29, 0.717) is 0 Å². The lowest BCUT2D eigenvalue weighted by atomic mass is 10.1. The van der Waals surface area contributed by atoms with Crippen LogP contribution in [0.25, 0.3) is 11.0 Å². The molecule has 90 valence electrons. The van der Waals surface area contributed by atoms with E-state index in [1.165, 1.54) is 12.1 Å². The summed E-state index contributed by atoms with van der Waals surface area (Å²) in [5.41, 5.74) is 5.36. The van der Waals surface area contributed by atoms with E-state index in [9.17, 15) is 13.6 Å². The van der Waals surface area contributed by atoms with Gasteiger partial charge in [0, 0.05) is 5.69 Å². The molecule has 0 saturated carbocycles. The standard InChI is InChI=1S/C11H9F2NO3/c1-16-11(15)9-8(10(12)13)7-5(14)3-2-4-6(7)17-9/h2-4,10H,14H2,1H3. The number of alkyl halides is 2. The number of anilines is 1. The monoisotopic (exact) mass is 241 g/mol. The highest BCUT2D eigenvalue weighted by Gasteiger charge is 2.28. The number of ether oxygens (including phenoxy) is 1. The summed E-state index contributed by atoms with van der Waals surface area (Å²) in [6, 6.07) is 4.48. The molecule has 1 aromatic carbocycles. The number of rotatable bonds is 2. The molecule has 1 aromatic heterocycles. The number of carbonyl (C=O) groups excluding carboxylic acids is 1. The van der Waals surface area contributed by atoms with Gasteiger partial charge in [0.1, 0.15) is 5.58 Å². The van der Waals surface area contributed by atoms with Crippen molar-refractivity contribution in [1.29, 1.82) is 0 Å². The Hall–Kier alpha value is -2.11. The lowest BCUT2D eigenvalue weighted by molar-refractivity contribution is 0.0553. The summed E-state index contributed by atoms with van der Waals surface area (Å²) >= 11 is 0. The lowest BCUT2D eigenvalue weighted by Gasteiger charge is -2.01. The van der Waals surface area contributed by atoms with Gasteiger partial charge in [-0.3, -0.25) is 0 Å². The molecule has 0 aliphatic heterocycles. The molecule has 0 radical (unpaired) electrons. The summed E-state index contributed by atoms with van der Waals surface area (Å²) < 4.78 is 35.3. The number of nitrogen functional groups attached to an aromatic ring is 1. The smallest absolute Gasteiger partial charge is 0.374 e. The topological polar surface area (TPSA) is 65.5 Å². The van der Waals surface area contributed by atoms with Gasteiger partial charge in [-0.2, -0.15) is 0 Å². The van der Waals surface area contributed by atoms with Crippen LogP contribution in [0.2, 0.25) is 0 Å². The molecule has 1 heterocycles. The Morgan fingerprint density at radius 1 is 1.47 bits per heavy atom. The molecule has 0 aliphatic carbocycles. The molecule has 2 N–H and O–H groups in total. The van der Waals surface area contributed by atoms with E-state index in [0.717, 1.165) is 7.11 Å². The highest BCUT2D eigenvalue weighted by molar-refractivity contribution is 6.01. The van der Waals surface area contributed by atoms with Crippen molar-refractivity contribution in [3.8, 4) is 0 Å². The third-order valence-corrected chi connectivity index (χ3v) is 2.37. The largest absolute Gasteiger partial charge is 0.463 e. The molecule has 4 nitrogen and oxygen atoms in total. The van der Waals surface area contributed by atoms with Crippen molar-refractivity contribution in [3.63, 3.8) is 0 Å². The van der Waals surface area contributed by atoms with E-state index in [4.69, 9.17) is 10.2 Å². The molecule has 0 unspecified atom stereocenters. The van der Waals surface area contributed by atoms with Crippen LogP contribution in [0.4, 0.5) is 14.5 Å². The van der Waals surface area contributed by atoms with Crippen LogP contribution < -0.4 is 5.73 Å². The zero-order valence-corrected chi connectivity index (χ0v) is 8.87. The van der Waals surface area contributed by atoms with E-state index < -0.39 is 23.7 Å². The Kier molecular flexibility index (Phi) is 2.71. The van der Waals surface area contributed by atoms with Crippen molar-refractivity contribution in [1.82, 2.24) is 0 Å². The maximum absolute atomic E-state index is 12.9. The maximum atomic E-state index is 12.9. The van der Waals surface area contributed by atoms with E-state index >= 15 is 0 Å². The SMILES string of the molecule is COC(=O)c1oc2cccc(N)c2c1C(F)F.